The number of hydrogen-bond donors (Lipinski definition) is 2. The number of anilines is 2. The van der Waals surface area contributed by atoms with Gasteiger partial charge in [0, 0.05) is 37.6 Å². The van der Waals surface area contributed by atoms with E-state index in [2.05, 4.69) is 15.5 Å². The number of ether oxygens (including phenoxy) is 2. The van der Waals surface area contributed by atoms with E-state index in [-0.39, 0.29) is 12.4 Å². The minimum atomic E-state index is -0.580. The molecule has 144 valence electrons. The fourth-order valence-electron chi connectivity index (χ4n) is 2.82. The van der Waals surface area contributed by atoms with Gasteiger partial charge in [-0.15, -0.1) is 0 Å². The number of rotatable bonds is 4. The van der Waals surface area contributed by atoms with Gasteiger partial charge in [-0.1, -0.05) is 0 Å². The molecule has 7 heteroatoms. The number of carbonyl (C=O) groups excluding carboxylic acids is 2. The Morgan fingerprint density at radius 1 is 1.23 bits per heavy atom. The van der Waals surface area contributed by atoms with E-state index < -0.39 is 11.7 Å². The first kappa shape index (κ1) is 20.0. The van der Waals surface area contributed by atoms with Crippen molar-refractivity contribution in [1.29, 1.82) is 0 Å². The smallest absolute Gasteiger partial charge is 0.412 e. The average Bonchev–Trinajstić information content (AvgIpc) is 2.57. The van der Waals surface area contributed by atoms with E-state index in [0.29, 0.717) is 5.69 Å². The van der Waals surface area contributed by atoms with Crippen molar-refractivity contribution in [3.05, 3.63) is 23.3 Å². The van der Waals surface area contributed by atoms with Gasteiger partial charge in [0.1, 0.15) is 5.60 Å². The van der Waals surface area contributed by atoms with Crippen molar-refractivity contribution in [2.45, 2.75) is 39.7 Å². The van der Waals surface area contributed by atoms with Gasteiger partial charge in [-0.2, -0.15) is 0 Å². The highest BCUT2D eigenvalue weighted by molar-refractivity contribution is 5.88. The van der Waals surface area contributed by atoms with E-state index in [1.54, 1.807) is 0 Å². The maximum Gasteiger partial charge on any atom is 0.412 e. The molecule has 1 amide bonds. The largest absolute Gasteiger partial charge is 0.469 e. The first-order valence-electron chi connectivity index (χ1n) is 8.85. The fraction of sp³-hybridized carbons (Fsp3) is 0.579. The van der Waals surface area contributed by atoms with E-state index in [1.165, 1.54) is 7.11 Å². The van der Waals surface area contributed by atoms with Crippen LogP contribution in [0.1, 0.15) is 31.9 Å². The van der Waals surface area contributed by atoms with Crippen molar-refractivity contribution in [2.24, 2.45) is 0 Å². The molecule has 0 atom stereocenters. The Kier molecular flexibility index (Phi) is 6.47. The number of amides is 1. The lowest BCUT2D eigenvalue weighted by molar-refractivity contribution is -0.139. The van der Waals surface area contributed by atoms with E-state index >= 15 is 0 Å². The molecule has 0 spiro atoms. The summed E-state index contributed by atoms with van der Waals surface area (Å²) in [4.78, 5) is 26.2. The molecule has 1 aliphatic heterocycles. The second kappa shape index (κ2) is 8.40. The molecular formula is C19H29N3O4. The summed E-state index contributed by atoms with van der Waals surface area (Å²) in [7, 11) is 1.37. The zero-order chi connectivity index (χ0) is 19.3. The Labute approximate surface area is 155 Å². The van der Waals surface area contributed by atoms with Gasteiger partial charge in [-0.3, -0.25) is 10.1 Å². The number of hydrogen-bond acceptors (Lipinski definition) is 6. The summed E-state index contributed by atoms with van der Waals surface area (Å²) in [6.07, 6.45) is -0.354. The Bertz CT molecular complexity index is 661. The molecule has 2 N–H and O–H groups in total. The van der Waals surface area contributed by atoms with Gasteiger partial charge in [0.05, 0.1) is 13.5 Å². The molecule has 1 fully saturated rings. The SMILES string of the molecule is COC(=O)Cc1cc(N2CCNCC2)cc(NC(=O)OC(C)(C)C)c1C. The summed E-state index contributed by atoms with van der Waals surface area (Å²) in [6.45, 7) is 10.9. The van der Waals surface area contributed by atoms with E-state index in [9.17, 15) is 9.59 Å². The molecule has 0 aliphatic carbocycles. The fourth-order valence-corrected chi connectivity index (χ4v) is 2.82. The molecule has 26 heavy (non-hydrogen) atoms. The standard InChI is InChI=1S/C19H29N3O4/c1-13-14(11-17(23)25-5)10-15(22-8-6-20-7-9-22)12-16(13)21-18(24)26-19(2,3)4/h10,12,20H,6-9,11H2,1-5H3,(H,21,24). The topological polar surface area (TPSA) is 79.9 Å². The Hall–Kier alpha value is -2.28. The number of piperazine rings is 1. The average molecular weight is 363 g/mol. The van der Waals surface area contributed by atoms with Crippen LogP contribution in [-0.2, 0) is 20.7 Å². The van der Waals surface area contributed by atoms with Crippen molar-refractivity contribution >= 4 is 23.4 Å². The lowest BCUT2D eigenvalue weighted by Crippen LogP contribution is -2.43. The van der Waals surface area contributed by atoms with Crippen LogP contribution in [0.4, 0.5) is 16.2 Å². The zero-order valence-electron chi connectivity index (χ0n) is 16.3. The summed E-state index contributed by atoms with van der Waals surface area (Å²) in [5.41, 5.74) is 2.71. The maximum absolute atomic E-state index is 12.2. The summed E-state index contributed by atoms with van der Waals surface area (Å²) < 4.78 is 10.2. The normalized spacial score (nSPS) is 14.7. The molecule has 1 aromatic carbocycles. The molecule has 1 saturated heterocycles. The first-order chi connectivity index (χ1) is 12.2. The summed E-state index contributed by atoms with van der Waals surface area (Å²) in [5, 5.41) is 6.14. The molecule has 1 heterocycles. The van der Waals surface area contributed by atoms with Crippen LogP contribution in [-0.4, -0.2) is 51.0 Å². The summed E-state index contributed by atoms with van der Waals surface area (Å²) >= 11 is 0. The van der Waals surface area contributed by atoms with Crippen molar-refractivity contribution < 1.29 is 19.1 Å². The zero-order valence-corrected chi connectivity index (χ0v) is 16.3. The van der Waals surface area contributed by atoms with Gasteiger partial charge in [-0.25, -0.2) is 4.79 Å². The lowest BCUT2D eigenvalue weighted by Gasteiger charge is -2.31. The molecule has 0 unspecified atom stereocenters. The van der Waals surface area contributed by atoms with E-state index in [4.69, 9.17) is 9.47 Å². The second-order valence-corrected chi connectivity index (χ2v) is 7.39. The van der Waals surface area contributed by atoms with Crippen molar-refractivity contribution in [3.63, 3.8) is 0 Å². The number of nitrogens with zero attached hydrogens (tertiary/aromatic N) is 1. The quantitative estimate of drug-likeness (QED) is 0.800. The van der Waals surface area contributed by atoms with Crippen LogP contribution in [0.5, 0.6) is 0 Å². The van der Waals surface area contributed by atoms with Gasteiger partial charge < -0.3 is 19.7 Å². The molecule has 0 aromatic heterocycles. The molecule has 0 saturated carbocycles. The van der Waals surface area contributed by atoms with E-state index in [1.807, 2.05) is 39.8 Å². The highest BCUT2D eigenvalue weighted by Crippen LogP contribution is 2.29. The van der Waals surface area contributed by atoms with Crippen molar-refractivity contribution in [3.8, 4) is 0 Å². The number of nitrogens with one attached hydrogen (secondary N) is 2. The lowest BCUT2D eigenvalue weighted by atomic mass is 10.0. The number of esters is 1. The predicted molar refractivity (Wildman–Crippen MR) is 102 cm³/mol. The predicted octanol–water partition coefficient (Wildman–Crippen LogP) is 2.47. The number of benzene rings is 1. The summed E-state index contributed by atoms with van der Waals surface area (Å²) in [6, 6.07) is 3.93. The van der Waals surface area contributed by atoms with Gasteiger partial charge in [-0.05, 0) is 51.0 Å². The molecule has 2 rings (SSSR count). The molecule has 1 aliphatic rings. The van der Waals surface area contributed by atoms with Gasteiger partial charge >= 0.3 is 12.1 Å². The Balaban J connectivity index is 2.32. The molecule has 1 aromatic rings. The number of methoxy groups -OCH3 is 1. The highest BCUT2D eigenvalue weighted by Gasteiger charge is 2.20. The third-order valence-corrected chi connectivity index (χ3v) is 4.18. The van der Waals surface area contributed by atoms with E-state index in [0.717, 1.165) is 43.0 Å². The van der Waals surface area contributed by atoms with Crippen LogP contribution in [0.2, 0.25) is 0 Å². The van der Waals surface area contributed by atoms with Crippen LogP contribution >= 0.6 is 0 Å². The maximum atomic E-state index is 12.2. The molecule has 0 radical (unpaired) electrons. The summed E-state index contributed by atoms with van der Waals surface area (Å²) in [5.74, 6) is -0.311. The third-order valence-electron chi connectivity index (χ3n) is 4.18. The second-order valence-electron chi connectivity index (χ2n) is 7.39. The van der Waals surface area contributed by atoms with Crippen LogP contribution in [0.15, 0.2) is 12.1 Å². The van der Waals surface area contributed by atoms with Crippen LogP contribution < -0.4 is 15.5 Å². The minimum Gasteiger partial charge on any atom is -0.469 e. The van der Waals surface area contributed by atoms with Gasteiger partial charge in [0.2, 0.25) is 0 Å². The third kappa shape index (κ3) is 5.62. The van der Waals surface area contributed by atoms with Gasteiger partial charge in [0.25, 0.3) is 0 Å². The Morgan fingerprint density at radius 3 is 2.46 bits per heavy atom. The number of carbonyl (C=O) groups is 2. The molecular weight excluding hydrogens is 334 g/mol. The van der Waals surface area contributed by atoms with Crippen LogP contribution in [0.3, 0.4) is 0 Å². The van der Waals surface area contributed by atoms with Crippen molar-refractivity contribution in [2.75, 3.05) is 43.5 Å². The minimum absolute atomic E-state index is 0.158. The molecule has 7 nitrogen and oxygen atoms in total. The first-order valence-corrected chi connectivity index (χ1v) is 8.85. The van der Waals surface area contributed by atoms with Crippen molar-refractivity contribution in [1.82, 2.24) is 5.32 Å². The Morgan fingerprint density at radius 2 is 1.88 bits per heavy atom. The van der Waals surface area contributed by atoms with Crippen LogP contribution in [0.25, 0.3) is 0 Å². The van der Waals surface area contributed by atoms with Crippen LogP contribution in [0, 0.1) is 6.92 Å². The van der Waals surface area contributed by atoms with Gasteiger partial charge in [0.15, 0.2) is 0 Å². The highest BCUT2D eigenvalue weighted by atomic mass is 16.6. The molecule has 0 bridgehead atoms. The monoisotopic (exact) mass is 363 g/mol.